The molecule has 5 nitrogen and oxygen atoms in total. The van der Waals surface area contributed by atoms with Gasteiger partial charge in [0.15, 0.2) is 11.5 Å². The first-order chi connectivity index (χ1) is 10.3. The van der Waals surface area contributed by atoms with E-state index in [2.05, 4.69) is 20.3 Å². The molecule has 0 saturated carbocycles. The Morgan fingerprint density at radius 3 is 2.77 bits per heavy atom. The van der Waals surface area contributed by atoms with Crippen molar-refractivity contribution >= 4 is 11.9 Å². The molecule has 1 heterocycles. The molecular formula is C15H17F2N5. The Bertz CT molecular complexity index is 712. The molecule has 1 aliphatic rings. The fourth-order valence-corrected chi connectivity index (χ4v) is 2.60. The van der Waals surface area contributed by atoms with Crippen LogP contribution in [0.4, 0.5) is 20.7 Å². The molecule has 0 amide bonds. The highest BCUT2D eigenvalue weighted by Gasteiger charge is 2.27. The van der Waals surface area contributed by atoms with Gasteiger partial charge in [-0.05, 0) is 49.9 Å². The molecule has 0 fully saturated rings. The van der Waals surface area contributed by atoms with E-state index in [4.69, 9.17) is 5.73 Å². The van der Waals surface area contributed by atoms with Crippen LogP contribution in [-0.2, 0) is 12.1 Å². The average Bonchev–Trinajstić information content (AvgIpc) is 2.80. The number of halogens is 2. The van der Waals surface area contributed by atoms with Gasteiger partial charge in [-0.15, -0.1) is 0 Å². The summed E-state index contributed by atoms with van der Waals surface area (Å²) in [6.07, 6.45) is 1.63. The lowest BCUT2D eigenvalue weighted by Crippen LogP contribution is -2.19. The minimum Gasteiger partial charge on any atom is -0.368 e. The number of anilines is 2. The van der Waals surface area contributed by atoms with Crippen LogP contribution in [0.3, 0.4) is 0 Å². The molecule has 0 bridgehead atoms. The summed E-state index contributed by atoms with van der Waals surface area (Å²) in [4.78, 5) is 11.9. The molecule has 7 heteroatoms. The molecule has 1 aliphatic carbocycles. The second-order valence-corrected chi connectivity index (χ2v) is 5.89. The van der Waals surface area contributed by atoms with Crippen molar-refractivity contribution in [1.82, 2.24) is 15.0 Å². The molecule has 1 aromatic carbocycles. The van der Waals surface area contributed by atoms with Crippen molar-refractivity contribution in [2.75, 3.05) is 11.1 Å². The fourth-order valence-electron chi connectivity index (χ4n) is 2.60. The summed E-state index contributed by atoms with van der Waals surface area (Å²) in [5.41, 5.74) is 5.87. The van der Waals surface area contributed by atoms with Crippen molar-refractivity contribution in [3.8, 4) is 0 Å². The molecule has 1 unspecified atom stereocenters. The lowest BCUT2D eigenvalue weighted by Gasteiger charge is -2.17. The van der Waals surface area contributed by atoms with Crippen LogP contribution in [0.2, 0.25) is 0 Å². The van der Waals surface area contributed by atoms with E-state index < -0.39 is 5.67 Å². The molecule has 1 aromatic heterocycles. The third kappa shape index (κ3) is 2.84. The maximum atomic E-state index is 14.0. The van der Waals surface area contributed by atoms with Crippen molar-refractivity contribution in [2.24, 2.45) is 0 Å². The van der Waals surface area contributed by atoms with Crippen LogP contribution in [0.25, 0.3) is 0 Å². The summed E-state index contributed by atoms with van der Waals surface area (Å²) in [6, 6.07) is 4.61. The molecular weight excluding hydrogens is 288 g/mol. The Kier molecular flexibility index (Phi) is 3.42. The van der Waals surface area contributed by atoms with Gasteiger partial charge < -0.3 is 11.1 Å². The van der Waals surface area contributed by atoms with Crippen LogP contribution in [-0.4, -0.2) is 15.0 Å². The second-order valence-electron chi connectivity index (χ2n) is 5.89. The first-order valence-corrected chi connectivity index (χ1v) is 7.09. The van der Waals surface area contributed by atoms with Gasteiger partial charge in [0.25, 0.3) is 0 Å². The highest BCUT2D eigenvalue weighted by atomic mass is 19.1. The first kappa shape index (κ1) is 14.6. The zero-order valence-corrected chi connectivity index (χ0v) is 12.4. The maximum Gasteiger partial charge on any atom is 0.228 e. The molecule has 0 radical (unpaired) electrons. The Balaban J connectivity index is 1.89. The highest BCUT2D eigenvalue weighted by Crippen LogP contribution is 2.34. The number of aryl methyl sites for hydroxylation is 1. The van der Waals surface area contributed by atoms with Gasteiger partial charge in [-0.1, -0.05) is 6.07 Å². The summed E-state index contributed by atoms with van der Waals surface area (Å²) < 4.78 is 27.4. The van der Waals surface area contributed by atoms with Crippen molar-refractivity contribution in [1.29, 1.82) is 0 Å². The van der Waals surface area contributed by atoms with Gasteiger partial charge in [0.1, 0.15) is 5.82 Å². The van der Waals surface area contributed by atoms with Crippen molar-refractivity contribution in [3.63, 3.8) is 0 Å². The van der Waals surface area contributed by atoms with Crippen LogP contribution in [0.1, 0.15) is 43.3 Å². The summed E-state index contributed by atoms with van der Waals surface area (Å²) in [6.45, 7) is 2.71. The first-order valence-electron chi connectivity index (χ1n) is 7.09. The molecule has 3 rings (SSSR count). The fraction of sp³-hybridized carbons (Fsp3) is 0.400. The third-order valence-electron chi connectivity index (χ3n) is 3.67. The van der Waals surface area contributed by atoms with E-state index in [0.29, 0.717) is 0 Å². The zero-order chi connectivity index (χ0) is 15.9. The predicted molar refractivity (Wildman–Crippen MR) is 79.5 cm³/mol. The normalized spacial score (nSPS) is 17.4. The number of benzene rings is 1. The SMILES string of the molecule is CC(C)(F)c1nc(N)nc(NC2CCc3ccc(F)cc32)n1. The molecule has 0 aliphatic heterocycles. The van der Waals surface area contributed by atoms with Crippen LogP contribution in [0, 0.1) is 5.82 Å². The molecule has 0 saturated heterocycles. The van der Waals surface area contributed by atoms with Crippen LogP contribution in [0.5, 0.6) is 0 Å². The summed E-state index contributed by atoms with van der Waals surface area (Å²) in [7, 11) is 0. The van der Waals surface area contributed by atoms with E-state index in [1.165, 1.54) is 26.0 Å². The van der Waals surface area contributed by atoms with Crippen LogP contribution < -0.4 is 11.1 Å². The van der Waals surface area contributed by atoms with Crippen LogP contribution >= 0.6 is 0 Å². The number of hydrogen-bond acceptors (Lipinski definition) is 5. The van der Waals surface area contributed by atoms with Gasteiger partial charge in [-0.25, -0.2) is 8.78 Å². The minimum atomic E-state index is -1.72. The van der Waals surface area contributed by atoms with Gasteiger partial charge in [0, 0.05) is 0 Å². The van der Waals surface area contributed by atoms with Gasteiger partial charge in [-0.2, -0.15) is 15.0 Å². The lowest BCUT2D eigenvalue weighted by atomic mass is 10.1. The Morgan fingerprint density at radius 1 is 1.27 bits per heavy atom. The summed E-state index contributed by atoms with van der Waals surface area (Å²) >= 11 is 0. The van der Waals surface area contributed by atoms with Crippen molar-refractivity contribution in [2.45, 2.75) is 38.4 Å². The molecule has 1 atom stereocenters. The number of rotatable bonds is 3. The zero-order valence-electron chi connectivity index (χ0n) is 12.4. The maximum absolute atomic E-state index is 14.0. The number of nitrogens with one attached hydrogen (secondary N) is 1. The molecule has 2 aromatic rings. The Morgan fingerprint density at radius 2 is 2.05 bits per heavy atom. The van der Waals surface area contributed by atoms with E-state index >= 15 is 0 Å². The van der Waals surface area contributed by atoms with Crippen LogP contribution in [0.15, 0.2) is 18.2 Å². The van der Waals surface area contributed by atoms with Gasteiger partial charge >= 0.3 is 0 Å². The van der Waals surface area contributed by atoms with Crippen molar-refractivity contribution in [3.05, 3.63) is 41.0 Å². The number of nitrogens with two attached hydrogens (primary N) is 1. The van der Waals surface area contributed by atoms with E-state index in [0.717, 1.165) is 24.0 Å². The molecule has 116 valence electrons. The smallest absolute Gasteiger partial charge is 0.228 e. The minimum absolute atomic E-state index is 0.0278. The number of nitrogen functional groups attached to an aromatic ring is 1. The monoisotopic (exact) mass is 305 g/mol. The summed E-state index contributed by atoms with van der Waals surface area (Å²) in [5, 5.41) is 3.10. The molecule has 22 heavy (non-hydrogen) atoms. The third-order valence-corrected chi connectivity index (χ3v) is 3.67. The standard InChI is InChI=1S/C15H17F2N5/c1-15(2,17)12-20-13(18)22-14(21-12)19-11-6-4-8-3-5-9(16)7-10(8)11/h3,5,7,11H,4,6H2,1-2H3,(H3,18,19,20,21,22). The summed E-state index contributed by atoms with van der Waals surface area (Å²) in [5.74, 6) is -0.154. The van der Waals surface area contributed by atoms with E-state index in [9.17, 15) is 8.78 Å². The number of alkyl halides is 1. The van der Waals surface area contributed by atoms with Gasteiger partial charge in [-0.3, -0.25) is 0 Å². The van der Waals surface area contributed by atoms with E-state index in [1.807, 2.05) is 0 Å². The van der Waals surface area contributed by atoms with Gasteiger partial charge in [0.05, 0.1) is 6.04 Å². The number of nitrogens with zero attached hydrogens (tertiary/aromatic N) is 3. The van der Waals surface area contributed by atoms with Crippen molar-refractivity contribution < 1.29 is 8.78 Å². The number of fused-ring (bicyclic) bond motifs is 1. The largest absolute Gasteiger partial charge is 0.368 e. The highest BCUT2D eigenvalue weighted by molar-refractivity contribution is 5.42. The number of hydrogen-bond donors (Lipinski definition) is 2. The lowest BCUT2D eigenvalue weighted by molar-refractivity contribution is 0.206. The topological polar surface area (TPSA) is 76.7 Å². The Labute approximate surface area is 127 Å². The Hall–Kier alpha value is -2.31. The second kappa shape index (κ2) is 5.15. The van der Waals surface area contributed by atoms with Gasteiger partial charge in [0.2, 0.25) is 11.9 Å². The molecule has 0 spiro atoms. The quantitative estimate of drug-likeness (QED) is 0.912. The molecule has 3 N–H and O–H groups in total. The predicted octanol–water partition coefficient (Wildman–Crippen LogP) is 2.90. The number of aromatic nitrogens is 3. The average molecular weight is 305 g/mol. The van der Waals surface area contributed by atoms with E-state index in [-0.39, 0.29) is 29.6 Å². The van der Waals surface area contributed by atoms with E-state index in [1.54, 1.807) is 6.07 Å².